The highest BCUT2D eigenvalue weighted by atomic mass is 35.5. The predicted molar refractivity (Wildman–Crippen MR) is 67.3 cm³/mol. The molecule has 1 aromatic carbocycles. The van der Waals surface area contributed by atoms with Crippen LogP contribution in [0.15, 0.2) is 24.3 Å². The van der Waals surface area contributed by atoms with Crippen LogP contribution in [0.5, 0.6) is 0 Å². The van der Waals surface area contributed by atoms with Gasteiger partial charge in [-0.2, -0.15) is 0 Å². The van der Waals surface area contributed by atoms with E-state index >= 15 is 0 Å². The van der Waals surface area contributed by atoms with Gasteiger partial charge in [-0.25, -0.2) is 0 Å². The molecule has 1 aliphatic heterocycles. The van der Waals surface area contributed by atoms with Crippen molar-refractivity contribution in [3.05, 3.63) is 29.3 Å². The van der Waals surface area contributed by atoms with Crippen molar-refractivity contribution in [3.8, 4) is 0 Å². The normalized spacial score (nSPS) is 17.3. The van der Waals surface area contributed by atoms with E-state index in [0.717, 1.165) is 18.8 Å². The minimum absolute atomic E-state index is 0.0702. The Balaban J connectivity index is 1.79. The first-order valence-corrected chi connectivity index (χ1v) is 5.85. The van der Waals surface area contributed by atoms with Crippen LogP contribution in [0.2, 0.25) is 5.02 Å². The highest BCUT2D eigenvalue weighted by molar-refractivity contribution is 6.30. The number of rotatable bonds is 4. The number of hydrogen-bond donors (Lipinski definition) is 2. The molecule has 2 N–H and O–H groups in total. The molecule has 0 atom stereocenters. The number of hydrogen-bond acceptors (Lipinski definition) is 3. The van der Waals surface area contributed by atoms with Crippen LogP contribution in [0.1, 0.15) is 6.92 Å². The second kappa shape index (κ2) is 5.04. The van der Waals surface area contributed by atoms with Crippen molar-refractivity contribution in [2.24, 2.45) is 0 Å². The molecule has 1 aliphatic rings. The van der Waals surface area contributed by atoms with Gasteiger partial charge in [0.15, 0.2) is 0 Å². The Morgan fingerprint density at radius 3 is 2.65 bits per heavy atom. The predicted octanol–water partition coefficient (Wildman–Crippen LogP) is 1.66. The zero-order valence-corrected chi connectivity index (χ0v) is 10.4. The molecule has 0 unspecified atom stereocenters. The van der Waals surface area contributed by atoms with E-state index in [2.05, 4.69) is 10.6 Å². The molecule has 1 heterocycles. The summed E-state index contributed by atoms with van der Waals surface area (Å²) in [4.78, 5) is 11.6. The Labute approximate surface area is 105 Å². The van der Waals surface area contributed by atoms with Gasteiger partial charge in [-0.15, -0.1) is 0 Å². The molecule has 2 rings (SSSR count). The van der Waals surface area contributed by atoms with Gasteiger partial charge in [0.25, 0.3) is 0 Å². The van der Waals surface area contributed by atoms with Gasteiger partial charge in [0, 0.05) is 23.8 Å². The molecule has 1 aromatic rings. The Bertz CT molecular complexity index is 401. The molecule has 17 heavy (non-hydrogen) atoms. The fraction of sp³-hybridized carbons (Fsp3) is 0.417. The number of halogens is 1. The molecule has 0 aliphatic carbocycles. The minimum atomic E-state index is -0.197. The number of carbonyl (C=O) groups excluding carboxylic acids is 1. The summed E-state index contributed by atoms with van der Waals surface area (Å²) in [6.45, 7) is 3.64. The van der Waals surface area contributed by atoms with E-state index in [0.29, 0.717) is 5.02 Å². The average Bonchev–Trinajstić information content (AvgIpc) is 2.27. The Morgan fingerprint density at radius 1 is 1.47 bits per heavy atom. The van der Waals surface area contributed by atoms with Crippen molar-refractivity contribution < 1.29 is 9.53 Å². The number of benzene rings is 1. The lowest BCUT2D eigenvalue weighted by Gasteiger charge is -2.38. The van der Waals surface area contributed by atoms with Gasteiger partial charge in [-0.3, -0.25) is 4.79 Å². The summed E-state index contributed by atoms with van der Waals surface area (Å²) in [7, 11) is 0. The third-order valence-corrected chi connectivity index (χ3v) is 2.93. The minimum Gasteiger partial charge on any atom is -0.363 e. The maximum Gasteiger partial charge on any atom is 0.250 e. The van der Waals surface area contributed by atoms with E-state index in [1.165, 1.54) is 0 Å². The van der Waals surface area contributed by atoms with Crippen molar-refractivity contribution in [1.82, 2.24) is 5.32 Å². The van der Waals surface area contributed by atoms with Crippen LogP contribution in [-0.2, 0) is 9.53 Å². The highest BCUT2D eigenvalue weighted by Crippen LogP contribution is 2.16. The van der Waals surface area contributed by atoms with Crippen LogP contribution in [0.4, 0.5) is 5.69 Å². The fourth-order valence-corrected chi connectivity index (χ4v) is 1.68. The second-order valence-corrected chi connectivity index (χ2v) is 4.83. The van der Waals surface area contributed by atoms with Crippen LogP contribution >= 0.6 is 11.6 Å². The van der Waals surface area contributed by atoms with Gasteiger partial charge < -0.3 is 15.4 Å². The lowest BCUT2D eigenvalue weighted by Crippen LogP contribution is -2.59. The number of nitrogens with one attached hydrogen (secondary N) is 2. The second-order valence-electron chi connectivity index (χ2n) is 4.40. The molecule has 0 bridgehead atoms. The first kappa shape index (κ1) is 12.4. The first-order valence-electron chi connectivity index (χ1n) is 5.48. The summed E-state index contributed by atoms with van der Waals surface area (Å²) < 4.78 is 5.52. The Kier molecular flexibility index (Phi) is 3.66. The lowest BCUT2D eigenvalue weighted by atomic mass is 10.0. The zero-order chi connectivity index (χ0) is 12.3. The number of anilines is 1. The van der Waals surface area contributed by atoms with Crippen LogP contribution in [0.3, 0.4) is 0 Å². The van der Waals surface area contributed by atoms with E-state index in [1.54, 1.807) is 24.3 Å². The molecular weight excluding hydrogens is 240 g/mol. The summed E-state index contributed by atoms with van der Waals surface area (Å²) >= 11 is 5.75. The van der Waals surface area contributed by atoms with Gasteiger partial charge in [0.1, 0.15) is 6.61 Å². The first-order chi connectivity index (χ1) is 8.07. The molecule has 1 fully saturated rings. The lowest BCUT2D eigenvalue weighted by molar-refractivity contribution is -0.130. The summed E-state index contributed by atoms with van der Waals surface area (Å²) in [6.07, 6.45) is 0. The number of carbonyl (C=O) groups is 1. The van der Waals surface area contributed by atoms with E-state index in [1.807, 2.05) is 6.92 Å². The van der Waals surface area contributed by atoms with Crippen LogP contribution < -0.4 is 10.6 Å². The smallest absolute Gasteiger partial charge is 0.250 e. The summed E-state index contributed by atoms with van der Waals surface area (Å²) in [5.41, 5.74) is 0.525. The molecule has 1 amide bonds. The van der Waals surface area contributed by atoms with Gasteiger partial charge in [-0.1, -0.05) is 11.6 Å². The number of ether oxygens (including phenoxy) is 1. The Hall–Kier alpha value is -1.10. The van der Waals surface area contributed by atoms with Crippen LogP contribution in [0.25, 0.3) is 0 Å². The molecule has 4 nitrogen and oxygen atoms in total. The van der Waals surface area contributed by atoms with Gasteiger partial charge >= 0.3 is 0 Å². The summed E-state index contributed by atoms with van der Waals surface area (Å²) in [5.74, 6) is -0.152. The standard InChI is InChI=1S/C12H15ClN2O2/c1-12(7-14-8-12)17-6-11(16)15-10-4-2-9(13)3-5-10/h2-5,14H,6-8H2,1H3,(H,15,16). The maximum absolute atomic E-state index is 11.6. The molecular formula is C12H15ClN2O2. The van der Waals surface area contributed by atoms with Crippen LogP contribution in [-0.4, -0.2) is 31.2 Å². The van der Waals surface area contributed by atoms with E-state index < -0.39 is 0 Å². The summed E-state index contributed by atoms with van der Waals surface area (Å²) in [5, 5.41) is 6.50. The monoisotopic (exact) mass is 254 g/mol. The van der Waals surface area contributed by atoms with E-state index in [9.17, 15) is 4.79 Å². The molecule has 1 saturated heterocycles. The molecule has 92 valence electrons. The highest BCUT2D eigenvalue weighted by Gasteiger charge is 2.32. The molecule has 0 aromatic heterocycles. The van der Waals surface area contributed by atoms with Crippen molar-refractivity contribution in [3.63, 3.8) is 0 Å². The van der Waals surface area contributed by atoms with Gasteiger partial charge in [0.2, 0.25) is 5.91 Å². The molecule has 0 saturated carbocycles. The largest absolute Gasteiger partial charge is 0.363 e. The van der Waals surface area contributed by atoms with Crippen LogP contribution in [0, 0.1) is 0 Å². The van der Waals surface area contributed by atoms with Crippen molar-refractivity contribution in [2.75, 3.05) is 25.0 Å². The molecule has 0 spiro atoms. The van der Waals surface area contributed by atoms with Gasteiger partial charge in [0.05, 0.1) is 5.60 Å². The van der Waals surface area contributed by atoms with Crippen molar-refractivity contribution >= 4 is 23.2 Å². The quantitative estimate of drug-likeness (QED) is 0.859. The van der Waals surface area contributed by atoms with Crippen molar-refractivity contribution in [2.45, 2.75) is 12.5 Å². The number of amides is 1. The van der Waals surface area contributed by atoms with E-state index in [4.69, 9.17) is 16.3 Å². The average molecular weight is 255 g/mol. The maximum atomic E-state index is 11.6. The topological polar surface area (TPSA) is 50.4 Å². The molecule has 5 heteroatoms. The SMILES string of the molecule is CC1(OCC(=O)Nc2ccc(Cl)cc2)CNC1. The molecule has 0 radical (unpaired) electrons. The summed E-state index contributed by atoms with van der Waals surface area (Å²) in [6, 6.07) is 6.98. The third-order valence-electron chi connectivity index (χ3n) is 2.68. The third kappa shape index (κ3) is 3.43. The Morgan fingerprint density at radius 2 is 2.12 bits per heavy atom. The fourth-order valence-electron chi connectivity index (χ4n) is 1.55. The zero-order valence-electron chi connectivity index (χ0n) is 9.63. The van der Waals surface area contributed by atoms with E-state index in [-0.39, 0.29) is 18.1 Å². The van der Waals surface area contributed by atoms with Gasteiger partial charge in [-0.05, 0) is 31.2 Å². The van der Waals surface area contributed by atoms with Crippen molar-refractivity contribution in [1.29, 1.82) is 0 Å².